The SMILES string of the molecule is CNCC(=O)N1CCO[C@H](c2ccccn2)C1. The van der Waals surface area contributed by atoms with Crippen LogP contribution in [0.1, 0.15) is 11.8 Å². The minimum atomic E-state index is -0.106. The van der Waals surface area contributed by atoms with Crippen molar-refractivity contribution in [2.45, 2.75) is 6.10 Å². The molecule has 1 aliphatic rings. The van der Waals surface area contributed by atoms with Gasteiger partial charge in [-0.2, -0.15) is 0 Å². The molecule has 0 spiro atoms. The molecule has 0 bridgehead atoms. The quantitative estimate of drug-likeness (QED) is 0.813. The van der Waals surface area contributed by atoms with Crippen LogP contribution in [0, 0.1) is 0 Å². The number of aromatic nitrogens is 1. The summed E-state index contributed by atoms with van der Waals surface area (Å²) in [6.45, 7) is 2.17. The van der Waals surface area contributed by atoms with Crippen molar-refractivity contribution in [1.29, 1.82) is 0 Å². The van der Waals surface area contributed by atoms with Gasteiger partial charge < -0.3 is 15.0 Å². The van der Waals surface area contributed by atoms with E-state index in [9.17, 15) is 4.79 Å². The van der Waals surface area contributed by atoms with Crippen molar-refractivity contribution in [3.63, 3.8) is 0 Å². The fourth-order valence-electron chi connectivity index (χ4n) is 1.88. The van der Waals surface area contributed by atoms with Crippen molar-refractivity contribution in [2.75, 3.05) is 33.3 Å². The lowest BCUT2D eigenvalue weighted by molar-refractivity contribution is -0.138. The van der Waals surface area contributed by atoms with Gasteiger partial charge in [0, 0.05) is 12.7 Å². The summed E-state index contributed by atoms with van der Waals surface area (Å²) in [7, 11) is 1.77. The van der Waals surface area contributed by atoms with Crippen LogP contribution in [0.15, 0.2) is 24.4 Å². The first-order chi connectivity index (χ1) is 8.31. The molecule has 0 saturated carbocycles. The van der Waals surface area contributed by atoms with Gasteiger partial charge in [0.1, 0.15) is 6.10 Å². The highest BCUT2D eigenvalue weighted by atomic mass is 16.5. The molecule has 2 heterocycles. The molecule has 1 saturated heterocycles. The maximum atomic E-state index is 11.8. The highest BCUT2D eigenvalue weighted by Gasteiger charge is 2.25. The number of pyridine rings is 1. The zero-order valence-electron chi connectivity index (χ0n) is 9.93. The van der Waals surface area contributed by atoms with Crippen molar-refractivity contribution in [3.05, 3.63) is 30.1 Å². The number of amides is 1. The van der Waals surface area contributed by atoms with Gasteiger partial charge in [-0.15, -0.1) is 0 Å². The monoisotopic (exact) mass is 235 g/mol. The molecule has 1 amide bonds. The zero-order chi connectivity index (χ0) is 12.1. The summed E-state index contributed by atoms with van der Waals surface area (Å²) >= 11 is 0. The summed E-state index contributed by atoms with van der Waals surface area (Å²) in [5, 5.41) is 2.87. The number of carbonyl (C=O) groups is 1. The van der Waals surface area contributed by atoms with Gasteiger partial charge in [0.25, 0.3) is 0 Å². The van der Waals surface area contributed by atoms with Gasteiger partial charge in [0.15, 0.2) is 0 Å². The van der Waals surface area contributed by atoms with E-state index in [1.54, 1.807) is 13.2 Å². The van der Waals surface area contributed by atoms with Crippen LogP contribution in [0.2, 0.25) is 0 Å². The van der Waals surface area contributed by atoms with Crippen LogP contribution in [0.4, 0.5) is 0 Å². The van der Waals surface area contributed by atoms with Crippen molar-refractivity contribution in [3.8, 4) is 0 Å². The fraction of sp³-hybridized carbons (Fsp3) is 0.500. The topological polar surface area (TPSA) is 54.5 Å². The molecule has 1 aliphatic heterocycles. The van der Waals surface area contributed by atoms with Crippen LogP contribution in [-0.4, -0.2) is 49.1 Å². The van der Waals surface area contributed by atoms with Gasteiger partial charge in [-0.05, 0) is 19.2 Å². The molecule has 1 aromatic rings. The Bertz CT molecular complexity index is 369. The number of morpholine rings is 1. The molecule has 1 aromatic heterocycles. The molecule has 2 rings (SSSR count). The third-order valence-electron chi connectivity index (χ3n) is 2.76. The Morgan fingerprint density at radius 1 is 1.65 bits per heavy atom. The molecule has 1 N–H and O–H groups in total. The van der Waals surface area contributed by atoms with Gasteiger partial charge in [0.05, 0.1) is 25.4 Å². The molecule has 0 aromatic carbocycles. The molecular weight excluding hydrogens is 218 g/mol. The van der Waals surface area contributed by atoms with E-state index < -0.39 is 0 Å². The van der Waals surface area contributed by atoms with Crippen molar-refractivity contribution >= 4 is 5.91 Å². The van der Waals surface area contributed by atoms with Gasteiger partial charge in [-0.1, -0.05) is 6.07 Å². The van der Waals surface area contributed by atoms with Gasteiger partial charge in [0.2, 0.25) is 5.91 Å². The van der Waals surface area contributed by atoms with E-state index in [1.165, 1.54) is 0 Å². The number of rotatable bonds is 3. The molecule has 17 heavy (non-hydrogen) atoms. The molecule has 1 fully saturated rings. The Hall–Kier alpha value is -1.46. The first-order valence-corrected chi connectivity index (χ1v) is 5.76. The molecule has 0 unspecified atom stereocenters. The minimum absolute atomic E-state index is 0.106. The zero-order valence-corrected chi connectivity index (χ0v) is 9.93. The Labute approximate surface area is 101 Å². The largest absolute Gasteiger partial charge is 0.368 e. The van der Waals surface area contributed by atoms with Crippen molar-refractivity contribution in [1.82, 2.24) is 15.2 Å². The summed E-state index contributed by atoms with van der Waals surface area (Å²) in [5.74, 6) is 0.108. The summed E-state index contributed by atoms with van der Waals surface area (Å²) in [6.07, 6.45) is 1.64. The second-order valence-electron chi connectivity index (χ2n) is 3.98. The number of hydrogen-bond donors (Lipinski definition) is 1. The summed E-state index contributed by atoms with van der Waals surface area (Å²) in [4.78, 5) is 17.8. The van der Waals surface area contributed by atoms with Crippen LogP contribution in [-0.2, 0) is 9.53 Å². The second kappa shape index (κ2) is 5.75. The summed E-state index contributed by atoms with van der Waals surface area (Å²) in [6, 6.07) is 5.73. The van der Waals surface area contributed by atoms with E-state index in [0.717, 1.165) is 5.69 Å². The molecule has 92 valence electrons. The van der Waals surface area contributed by atoms with Crippen LogP contribution in [0.25, 0.3) is 0 Å². The Morgan fingerprint density at radius 2 is 2.53 bits per heavy atom. The van der Waals surface area contributed by atoms with Crippen LogP contribution >= 0.6 is 0 Å². The van der Waals surface area contributed by atoms with E-state index in [1.807, 2.05) is 23.1 Å². The lowest BCUT2D eigenvalue weighted by Crippen LogP contribution is -2.45. The van der Waals surface area contributed by atoms with Crippen LogP contribution < -0.4 is 5.32 Å². The predicted molar refractivity (Wildman–Crippen MR) is 63.4 cm³/mol. The third-order valence-corrected chi connectivity index (χ3v) is 2.76. The second-order valence-corrected chi connectivity index (χ2v) is 3.98. The molecule has 0 aliphatic carbocycles. The van der Waals surface area contributed by atoms with Gasteiger partial charge in [-0.3, -0.25) is 9.78 Å². The van der Waals surface area contributed by atoms with Crippen LogP contribution in [0.5, 0.6) is 0 Å². The number of hydrogen-bond acceptors (Lipinski definition) is 4. The smallest absolute Gasteiger partial charge is 0.236 e. The molecule has 5 nitrogen and oxygen atoms in total. The fourth-order valence-corrected chi connectivity index (χ4v) is 1.88. The minimum Gasteiger partial charge on any atom is -0.368 e. The first-order valence-electron chi connectivity index (χ1n) is 5.76. The normalized spacial score (nSPS) is 20.3. The van der Waals surface area contributed by atoms with E-state index in [0.29, 0.717) is 26.2 Å². The third kappa shape index (κ3) is 3.01. The Kier molecular flexibility index (Phi) is 4.06. The lowest BCUT2D eigenvalue weighted by Gasteiger charge is -2.32. The Morgan fingerprint density at radius 3 is 3.24 bits per heavy atom. The van der Waals surface area contributed by atoms with Gasteiger partial charge >= 0.3 is 0 Å². The van der Waals surface area contributed by atoms with E-state index in [-0.39, 0.29) is 12.0 Å². The predicted octanol–water partition coefficient (Wildman–Crippen LogP) is 0.201. The molecule has 5 heteroatoms. The van der Waals surface area contributed by atoms with E-state index in [4.69, 9.17) is 4.74 Å². The van der Waals surface area contributed by atoms with E-state index in [2.05, 4.69) is 10.3 Å². The number of likely N-dealkylation sites (N-methyl/N-ethyl adjacent to an activating group) is 1. The molecule has 1 atom stereocenters. The maximum Gasteiger partial charge on any atom is 0.236 e. The Balaban J connectivity index is 2.00. The number of nitrogens with zero attached hydrogens (tertiary/aromatic N) is 2. The van der Waals surface area contributed by atoms with Gasteiger partial charge in [-0.25, -0.2) is 0 Å². The maximum absolute atomic E-state index is 11.8. The van der Waals surface area contributed by atoms with Crippen molar-refractivity contribution in [2.24, 2.45) is 0 Å². The average molecular weight is 235 g/mol. The van der Waals surface area contributed by atoms with Crippen LogP contribution in [0.3, 0.4) is 0 Å². The molecular formula is C12H17N3O2. The molecule has 0 radical (unpaired) electrons. The lowest BCUT2D eigenvalue weighted by atomic mass is 10.2. The highest BCUT2D eigenvalue weighted by Crippen LogP contribution is 2.19. The summed E-state index contributed by atoms with van der Waals surface area (Å²) < 4.78 is 5.65. The first kappa shape index (κ1) is 12.0. The summed E-state index contributed by atoms with van der Waals surface area (Å²) in [5.41, 5.74) is 0.884. The number of nitrogens with one attached hydrogen (secondary N) is 1. The standard InChI is InChI=1S/C12H17N3O2/c1-13-8-12(16)15-6-7-17-11(9-15)10-4-2-3-5-14-10/h2-5,11,13H,6-9H2,1H3/t11-/m0/s1. The number of ether oxygens (including phenoxy) is 1. The van der Waals surface area contributed by atoms with Crippen molar-refractivity contribution < 1.29 is 9.53 Å². The highest BCUT2D eigenvalue weighted by molar-refractivity contribution is 5.78. The number of carbonyl (C=O) groups excluding carboxylic acids is 1. The average Bonchev–Trinajstić information content (AvgIpc) is 2.40. The van der Waals surface area contributed by atoms with E-state index >= 15 is 0 Å².